The van der Waals surface area contributed by atoms with Gasteiger partial charge in [-0.3, -0.25) is 4.79 Å². The Kier molecular flexibility index (Phi) is 6.52. The molecule has 0 heterocycles. The molecule has 0 spiro atoms. The van der Waals surface area contributed by atoms with Crippen LogP contribution in [-0.2, 0) is 9.53 Å². The third-order valence-electron chi connectivity index (χ3n) is 3.61. The van der Waals surface area contributed by atoms with Gasteiger partial charge in [0.15, 0.2) is 0 Å². The number of aliphatic hydroxyl groups excluding tert-OH is 1. The fourth-order valence-electron chi connectivity index (χ4n) is 2.42. The van der Waals surface area contributed by atoms with Gasteiger partial charge in [-0.2, -0.15) is 0 Å². The normalized spacial score (nSPS) is 24.6. The van der Waals surface area contributed by atoms with Crippen molar-refractivity contribution in [1.82, 2.24) is 4.90 Å². The van der Waals surface area contributed by atoms with Crippen LogP contribution in [0.5, 0.6) is 0 Å². The molecule has 1 fully saturated rings. The summed E-state index contributed by atoms with van der Waals surface area (Å²) in [6.07, 6.45) is 4.28. The van der Waals surface area contributed by atoms with E-state index in [0.717, 1.165) is 31.6 Å². The molecule has 0 aromatic rings. The highest BCUT2D eigenvalue weighted by Crippen LogP contribution is 2.29. The first-order valence-electron chi connectivity index (χ1n) is 6.57. The van der Waals surface area contributed by atoms with E-state index in [0.29, 0.717) is 19.7 Å². The molecule has 4 nitrogen and oxygen atoms in total. The van der Waals surface area contributed by atoms with Crippen LogP contribution in [0.3, 0.4) is 0 Å². The van der Waals surface area contributed by atoms with Crippen LogP contribution in [0.4, 0.5) is 0 Å². The zero-order chi connectivity index (χ0) is 12.7. The Bertz CT molecular complexity index is 225. The molecule has 0 aromatic carbocycles. The Labute approximate surface area is 104 Å². The predicted molar refractivity (Wildman–Crippen MR) is 66.7 cm³/mol. The summed E-state index contributed by atoms with van der Waals surface area (Å²) in [4.78, 5) is 14.0. The van der Waals surface area contributed by atoms with Crippen LogP contribution in [0.2, 0.25) is 0 Å². The van der Waals surface area contributed by atoms with E-state index in [1.54, 1.807) is 12.0 Å². The summed E-state index contributed by atoms with van der Waals surface area (Å²) in [5.41, 5.74) is 0. The van der Waals surface area contributed by atoms with Gasteiger partial charge in [0.2, 0.25) is 5.91 Å². The number of rotatable bonds is 6. The van der Waals surface area contributed by atoms with E-state index < -0.39 is 0 Å². The first-order valence-corrected chi connectivity index (χ1v) is 6.57. The summed E-state index contributed by atoms with van der Waals surface area (Å²) in [6.45, 7) is 3.82. The molecule has 1 N–H and O–H groups in total. The highest BCUT2D eigenvalue weighted by atomic mass is 16.5. The zero-order valence-corrected chi connectivity index (χ0v) is 11.0. The summed E-state index contributed by atoms with van der Waals surface area (Å²) in [6, 6.07) is 0. The van der Waals surface area contributed by atoms with Crippen LogP contribution in [0.1, 0.15) is 32.6 Å². The molecule has 1 aliphatic rings. The van der Waals surface area contributed by atoms with E-state index in [-0.39, 0.29) is 18.4 Å². The molecule has 1 amide bonds. The van der Waals surface area contributed by atoms with Gasteiger partial charge in [0.05, 0.1) is 13.2 Å². The maximum absolute atomic E-state index is 12.3. The Hall–Kier alpha value is -0.610. The number of carbonyl (C=O) groups excluding carboxylic acids is 1. The van der Waals surface area contributed by atoms with Crippen LogP contribution in [-0.4, -0.2) is 49.3 Å². The number of amides is 1. The second kappa shape index (κ2) is 7.67. The minimum Gasteiger partial charge on any atom is -0.395 e. The lowest BCUT2D eigenvalue weighted by Gasteiger charge is -2.30. The van der Waals surface area contributed by atoms with Gasteiger partial charge < -0.3 is 14.7 Å². The van der Waals surface area contributed by atoms with E-state index in [9.17, 15) is 4.79 Å². The molecule has 0 atom stereocenters. The van der Waals surface area contributed by atoms with Gasteiger partial charge in [0.25, 0.3) is 0 Å². The van der Waals surface area contributed by atoms with E-state index in [1.165, 1.54) is 0 Å². The molecule has 4 heteroatoms. The number of methoxy groups -OCH3 is 1. The second-order valence-electron chi connectivity index (χ2n) is 5.00. The van der Waals surface area contributed by atoms with Gasteiger partial charge >= 0.3 is 0 Å². The van der Waals surface area contributed by atoms with E-state index in [1.807, 2.05) is 0 Å². The average molecular weight is 243 g/mol. The van der Waals surface area contributed by atoms with Gasteiger partial charge in [-0.15, -0.1) is 0 Å². The molecule has 1 rings (SSSR count). The van der Waals surface area contributed by atoms with Gasteiger partial charge in [-0.25, -0.2) is 0 Å². The molecule has 0 saturated heterocycles. The van der Waals surface area contributed by atoms with Crippen molar-refractivity contribution in [2.24, 2.45) is 11.8 Å². The first kappa shape index (κ1) is 14.5. The standard InChI is InChI=1S/C13H25NO3/c1-11-3-5-12(6-4-11)13(16)14(7-9-15)8-10-17-2/h11-12,15H,3-10H2,1-2H3. The van der Waals surface area contributed by atoms with Crippen LogP contribution >= 0.6 is 0 Å². The maximum atomic E-state index is 12.3. The monoisotopic (exact) mass is 243 g/mol. The number of hydrogen-bond acceptors (Lipinski definition) is 3. The molecular weight excluding hydrogens is 218 g/mol. The van der Waals surface area contributed by atoms with Crippen molar-refractivity contribution in [2.75, 3.05) is 33.4 Å². The van der Waals surface area contributed by atoms with Crippen molar-refractivity contribution in [2.45, 2.75) is 32.6 Å². The van der Waals surface area contributed by atoms with E-state index in [4.69, 9.17) is 9.84 Å². The second-order valence-corrected chi connectivity index (χ2v) is 5.00. The molecule has 0 bridgehead atoms. The summed E-state index contributed by atoms with van der Waals surface area (Å²) in [5.74, 6) is 1.11. The van der Waals surface area contributed by atoms with Gasteiger partial charge in [-0.05, 0) is 31.6 Å². The first-order chi connectivity index (χ1) is 8.19. The molecule has 0 aliphatic heterocycles. The summed E-state index contributed by atoms with van der Waals surface area (Å²) >= 11 is 0. The molecule has 1 saturated carbocycles. The van der Waals surface area contributed by atoms with Crippen LogP contribution in [0.25, 0.3) is 0 Å². The number of hydrogen-bond donors (Lipinski definition) is 1. The topological polar surface area (TPSA) is 49.8 Å². The molecule has 0 aromatic heterocycles. The van der Waals surface area contributed by atoms with E-state index in [2.05, 4.69) is 6.92 Å². The maximum Gasteiger partial charge on any atom is 0.225 e. The van der Waals surface area contributed by atoms with Crippen LogP contribution < -0.4 is 0 Å². The lowest BCUT2D eigenvalue weighted by molar-refractivity contribution is -0.138. The third kappa shape index (κ3) is 4.64. The molecule has 0 unspecified atom stereocenters. The Morgan fingerprint density at radius 2 is 1.94 bits per heavy atom. The number of aliphatic hydroxyl groups is 1. The lowest BCUT2D eigenvalue weighted by atomic mass is 9.82. The molecule has 100 valence electrons. The SMILES string of the molecule is COCCN(CCO)C(=O)C1CCC(C)CC1. The van der Waals surface area contributed by atoms with Gasteiger partial charge in [0, 0.05) is 26.1 Å². The van der Waals surface area contributed by atoms with Crippen molar-refractivity contribution in [3.05, 3.63) is 0 Å². The smallest absolute Gasteiger partial charge is 0.225 e. The largest absolute Gasteiger partial charge is 0.395 e. The van der Waals surface area contributed by atoms with Crippen molar-refractivity contribution < 1.29 is 14.6 Å². The number of nitrogens with zero attached hydrogens (tertiary/aromatic N) is 1. The fraction of sp³-hybridized carbons (Fsp3) is 0.923. The van der Waals surface area contributed by atoms with Crippen molar-refractivity contribution in [1.29, 1.82) is 0 Å². The molecule has 0 radical (unpaired) electrons. The Balaban J connectivity index is 2.45. The predicted octanol–water partition coefficient (Wildman–Crippen LogP) is 1.28. The summed E-state index contributed by atoms with van der Waals surface area (Å²) < 4.78 is 5.00. The highest BCUT2D eigenvalue weighted by molar-refractivity contribution is 5.78. The number of carbonyl (C=O) groups is 1. The molecule has 17 heavy (non-hydrogen) atoms. The van der Waals surface area contributed by atoms with Gasteiger partial charge in [-0.1, -0.05) is 6.92 Å². The van der Waals surface area contributed by atoms with Crippen molar-refractivity contribution in [3.63, 3.8) is 0 Å². The molecular formula is C13H25NO3. The van der Waals surface area contributed by atoms with Crippen LogP contribution in [0, 0.1) is 11.8 Å². The highest BCUT2D eigenvalue weighted by Gasteiger charge is 2.27. The minimum atomic E-state index is 0.0264. The number of ether oxygens (including phenoxy) is 1. The fourth-order valence-corrected chi connectivity index (χ4v) is 2.42. The van der Waals surface area contributed by atoms with Crippen molar-refractivity contribution in [3.8, 4) is 0 Å². The Morgan fingerprint density at radius 1 is 1.29 bits per heavy atom. The van der Waals surface area contributed by atoms with E-state index >= 15 is 0 Å². The minimum absolute atomic E-state index is 0.0264. The zero-order valence-electron chi connectivity index (χ0n) is 11.0. The summed E-state index contributed by atoms with van der Waals surface area (Å²) in [5, 5.41) is 8.99. The Morgan fingerprint density at radius 3 is 2.47 bits per heavy atom. The van der Waals surface area contributed by atoms with Crippen LogP contribution in [0.15, 0.2) is 0 Å². The van der Waals surface area contributed by atoms with Gasteiger partial charge in [0.1, 0.15) is 0 Å². The summed E-state index contributed by atoms with van der Waals surface area (Å²) in [7, 11) is 1.63. The third-order valence-corrected chi connectivity index (χ3v) is 3.61. The van der Waals surface area contributed by atoms with Crippen molar-refractivity contribution >= 4 is 5.91 Å². The average Bonchev–Trinajstić information content (AvgIpc) is 2.34. The quantitative estimate of drug-likeness (QED) is 0.764. The lowest BCUT2D eigenvalue weighted by Crippen LogP contribution is -2.41. The molecule has 1 aliphatic carbocycles.